The van der Waals surface area contributed by atoms with E-state index in [0.29, 0.717) is 5.92 Å². The highest BCUT2D eigenvalue weighted by Crippen LogP contribution is 2.27. The van der Waals surface area contributed by atoms with Gasteiger partial charge in [-0.3, -0.25) is 0 Å². The van der Waals surface area contributed by atoms with E-state index in [1.165, 1.54) is 32.1 Å². The SMILES string of the molecule is C#CCC(O)[C@H](O)[C@@H](N)CC1CCCCC1. The number of hydrogen-bond acceptors (Lipinski definition) is 3. The molecule has 0 saturated heterocycles. The maximum absolute atomic E-state index is 9.78. The normalized spacial score (nSPS) is 23.4. The predicted molar refractivity (Wildman–Crippen MR) is 64.6 cm³/mol. The monoisotopic (exact) mass is 225 g/mol. The fraction of sp³-hybridized carbons (Fsp3) is 0.846. The summed E-state index contributed by atoms with van der Waals surface area (Å²) >= 11 is 0. The molecule has 1 rings (SSSR count). The Morgan fingerprint density at radius 2 is 1.88 bits per heavy atom. The minimum Gasteiger partial charge on any atom is -0.389 e. The van der Waals surface area contributed by atoms with Gasteiger partial charge >= 0.3 is 0 Å². The third-order valence-electron chi connectivity index (χ3n) is 3.49. The Hall–Kier alpha value is -0.560. The lowest BCUT2D eigenvalue weighted by molar-refractivity contribution is 0.00157. The first-order chi connectivity index (χ1) is 7.65. The molecule has 3 atom stereocenters. The predicted octanol–water partition coefficient (Wildman–Crippen LogP) is 1.03. The van der Waals surface area contributed by atoms with Gasteiger partial charge in [0.2, 0.25) is 0 Å². The highest BCUT2D eigenvalue weighted by atomic mass is 16.3. The maximum atomic E-state index is 9.78. The molecule has 0 spiro atoms. The van der Waals surface area contributed by atoms with E-state index in [9.17, 15) is 10.2 Å². The second-order valence-electron chi connectivity index (χ2n) is 4.87. The molecule has 1 fully saturated rings. The van der Waals surface area contributed by atoms with Crippen molar-refractivity contribution in [3.05, 3.63) is 0 Å². The van der Waals surface area contributed by atoms with Crippen molar-refractivity contribution < 1.29 is 10.2 Å². The molecule has 0 aromatic carbocycles. The van der Waals surface area contributed by atoms with Gasteiger partial charge in [0.15, 0.2) is 0 Å². The molecule has 0 aromatic heterocycles. The summed E-state index contributed by atoms with van der Waals surface area (Å²) < 4.78 is 0. The number of aliphatic hydroxyl groups excluding tert-OH is 2. The third-order valence-corrected chi connectivity index (χ3v) is 3.49. The Bertz CT molecular complexity index is 231. The van der Waals surface area contributed by atoms with Crippen LogP contribution in [0.4, 0.5) is 0 Å². The summed E-state index contributed by atoms with van der Waals surface area (Å²) in [6, 6.07) is -0.355. The lowest BCUT2D eigenvalue weighted by Gasteiger charge is -2.28. The third kappa shape index (κ3) is 4.13. The van der Waals surface area contributed by atoms with Crippen LogP contribution in [0.25, 0.3) is 0 Å². The van der Waals surface area contributed by atoms with Crippen molar-refractivity contribution in [1.29, 1.82) is 0 Å². The van der Waals surface area contributed by atoms with Gasteiger partial charge in [0.05, 0.1) is 12.2 Å². The molecule has 0 aliphatic heterocycles. The molecular weight excluding hydrogens is 202 g/mol. The summed E-state index contributed by atoms with van der Waals surface area (Å²) in [5.74, 6) is 2.95. The van der Waals surface area contributed by atoms with Crippen molar-refractivity contribution >= 4 is 0 Å². The Morgan fingerprint density at radius 3 is 2.44 bits per heavy atom. The molecule has 92 valence electrons. The largest absolute Gasteiger partial charge is 0.389 e. The summed E-state index contributed by atoms with van der Waals surface area (Å²) in [7, 11) is 0. The van der Waals surface area contributed by atoms with Gasteiger partial charge in [0.1, 0.15) is 0 Å². The smallest absolute Gasteiger partial charge is 0.0958 e. The van der Waals surface area contributed by atoms with Crippen LogP contribution in [0.2, 0.25) is 0 Å². The van der Waals surface area contributed by atoms with Crippen molar-refractivity contribution in [3.63, 3.8) is 0 Å². The Balaban J connectivity index is 2.32. The van der Waals surface area contributed by atoms with E-state index in [4.69, 9.17) is 12.2 Å². The van der Waals surface area contributed by atoms with E-state index in [1.807, 2.05) is 0 Å². The number of aliphatic hydroxyl groups is 2. The zero-order valence-electron chi connectivity index (χ0n) is 9.81. The van der Waals surface area contributed by atoms with Gasteiger partial charge in [0, 0.05) is 12.5 Å². The van der Waals surface area contributed by atoms with Crippen molar-refractivity contribution in [2.24, 2.45) is 11.7 Å². The van der Waals surface area contributed by atoms with E-state index in [2.05, 4.69) is 5.92 Å². The molecule has 1 aliphatic rings. The number of terminal acetylenes is 1. The molecule has 3 nitrogen and oxygen atoms in total. The number of hydrogen-bond donors (Lipinski definition) is 3. The van der Waals surface area contributed by atoms with Crippen LogP contribution in [0.1, 0.15) is 44.9 Å². The van der Waals surface area contributed by atoms with Gasteiger partial charge in [-0.1, -0.05) is 32.1 Å². The summed E-state index contributed by atoms with van der Waals surface area (Å²) in [6.45, 7) is 0. The molecule has 0 heterocycles. The quantitative estimate of drug-likeness (QED) is 0.612. The van der Waals surface area contributed by atoms with Gasteiger partial charge in [-0.05, 0) is 12.3 Å². The lowest BCUT2D eigenvalue weighted by atomic mass is 9.83. The zero-order chi connectivity index (χ0) is 12.0. The van der Waals surface area contributed by atoms with Gasteiger partial charge in [-0.2, -0.15) is 0 Å². The molecule has 4 N–H and O–H groups in total. The van der Waals surface area contributed by atoms with Gasteiger partial charge in [0.25, 0.3) is 0 Å². The van der Waals surface area contributed by atoms with E-state index in [1.54, 1.807) is 0 Å². The molecule has 3 heteroatoms. The van der Waals surface area contributed by atoms with Gasteiger partial charge in [-0.25, -0.2) is 0 Å². The Kier molecular flexibility index (Phi) is 5.83. The molecule has 0 radical (unpaired) electrons. The van der Waals surface area contributed by atoms with E-state index in [0.717, 1.165) is 6.42 Å². The second-order valence-corrected chi connectivity index (χ2v) is 4.87. The van der Waals surface area contributed by atoms with E-state index in [-0.39, 0.29) is 12.5 Å². The van der Waals surface area contributed by atoms with E-state index >= 15 is 0 Å². The first-order valence-electron chi connectivity index (χ1n) is 6.20. The fourth-order valence-corrected chi connectivity index (χ4v) is 2.47. The summed E-state index contributed by atoms with van der Waals surface area (Å²) in [4.78, 5) is 0. The van der Waals surface area contributed by atoms with Crippen molar-refractivity contribution in [2.75, 3.05) is 0 Å². The number of nitrogens with two attached hydrogens (primary N) is 1. The molecule has 0 amide bonds. The molecule has 1 unspecified atom stereocenters. The van der Waals surface area contributed by atoms with Crippen molar-refractivity contribution in [1.82, 2.24) is 0 Å². The maximum Gasteiger partial charge on any atom is 0.0958 e. The highest BCUT2D eigenvalue weighted by Gasteiger charge is 2.26. The first-order valence-corrected chi connectivity index (χ1v) is 6.20. The van der Waals surface area contributed by atoms with Crippen molar-refractivity contribution in [3.8, 4) is 12.3 Å². The van der Waals surface area contributed by atoms with Crippen molar-refractivity contribution in [2.45, 2.75) is 63.2 Å². The summed E-state index contributed by atoms with van der Waals surface area (Å²) in [5, 5.41) is 19.3. The van der Waals surface area contributed by atoms with Crippen LogP contribution in [0.5, 0.6) is 0 Å². The summed E-state index contributed by atoms with van der Waals surface area (Å²) in [6.07, 6.45) is 10.5. The van der Waals surface area contributed by atoms with Gasteiger partial charge in [-0.15, -0.1) is 12.3 Å². The molecule has 0 aromatic rings. The molecule has 1 aliphatic carbocycles. The molecule has 16 heavy (non-hydrogen) atoms. The van der Waals surface area contributed by atoms with Crippen LogP contribution in [-0.4, -0.2) is 28.5 Å². The van der Waals surface area contributed by atoms with Crippen LogP contribution in [0, 0.1) is 18.3 Å². The van der Waals surface area contributed by atoms with Crippen LogP contribution in [-0.2, 0) is 0 Å². The molecule has 1 saturated carbocycles. The number of rotatable bonds is 5. The fourth-order valence-electron chi connectivity index (χ4n) is 2.47. The second kappa shape index (κ2) is 6.90. The molecular formula is C13H23NO2. The van der Waals surface area contributed by atoms with Crippen LogP contribution in [0.15, 0.2) is 0 Å². The minimum atomic E-state index is -0.891. The molecule has 0 bridgehead atoms. The minimum absolute atomic E-state index is 0.166. The summed E-state index contributed by atoms with van der Waals surface area (Å²) in [5.41, 5.74) is 5.90. The van der Waals surface area contributed by atoms with Crippen LogP contribution < -0.4 is 5.73 Å². The Labute approximate surface area is 98.0 Å². The van der Waals surface area contributed by atoms with Crippen LogP contribution in [0.3, 0.4) is 0 Å². The van der Waals surface area contributed by atoms with Gasteiger partial charge < -0.3 is 15.9 Å². The average molecular weight is 225 g/mol. The highest BCUT2D eigenvalue weighted by molar-refractivity contribution is 4.92. The lowest BCUT2D eigenvalue weighted by Crippen LogP contribution is -2.44. The standard InChI is InChI=1S/C13H23NO2/c1-2-6-12(15)13(16)11(14)9-10-7-4-3-5-8-10/h1,10-13,15-16H,3-9,14H2/t11-,12?,13+/m0/s1. The topological polar surface area (TPSA) is 66.5 Å². The van der Waals surface area contributed by atoms with Crippen LogP contribution >= 0.6 is 0 Å². The van der Waals surface area contributed by atoms with E-state index < -0.39 is 12.2 Å². The Morgan fingerprint density at radius 1 is 1.25 bits per heavy atom. The zero-order valence-corrected chi connectivity index (χ0v) is 9.81. The average Bonchev–Trinajstić information content (AvgIpc) is 2.29. The first kappa shape index (κ1) is 13.5.